The topological polar surface area (TPSA) is 103 Å². The van der Waals surface area contributed by atoms with Crippen LogP contribution in [0.3, 0.4) is 0 Å². The molecule has 162 valence electrons. The van der Waals surface area contributed by atoms with Crippen LogP contribution in [0, 0.1) is 0 Å². The van der Waals surface area contributed by atoms with Crippen LogP contribution in [0.15, 0.2) is 64.0 Å². The second kappa shape index (κ2) is 8.74. The zero-order chi connectivity index (χ0) is 21.9. The lowest BCUT2D eigenvalue weighted by atomic mass is 9.95. The van der Waals surface area contributed by atoms with Crippen molar-refractivity contribution in [3.63, 3.8) is 0 Å². The summed E-state index contributed by atoms with van der Waals surface area (Å²) in [5.41, 5.74) is 1.46. The van der Waals surface area contributed by atoms with Crippen molar-refractivity contribution in [1.82, 2.24) is 25.0 Å². The van der Waals surface area contributed by atoms with Gasteiger partial charge in [-0.2, -0.15) is 4.98 Å². The van der Waals surface area contributed by atoms with Crippen molar-refractivity contribution in [3.8, 4) is 23.0 Å². The Morgan fingerprint density at radius 1 is 1.09 bits per heavy atom. The molecule has 3 heterocycles. The molecule has 4 aromatic rings. The smallest absolute Gasteiger partial charge is 0.259 e. The second-order valence-electron chi connectivity index (χ2n) is 8.04. The molecule has 0 saturated heterocycles. The van der Waals surface area contributed by atoms with Gasteiger partial charge in [0, 0.05) is 23.7 Å². The SMILES string of the molecule is O=C(Cn1c(=O)cc(-c2nc(-c3ccccn3)no2)c2ccccc21)NC1CCCCC1. The molecule has 1 N–H and O–H groups in total. The maximum Gasteiger partial charge on any atom is 0.259 e. The van der Waals surface area contributed by atoms with Gasteiger partial charge in [0.05, 0.1) is 11.1 Å². The normalized spacial score (nSPS) is 14.5. The van der Waals surface area contributed by atoms with Gasteiger partial charge in [0.2, 0.25) is 11.7 Å². The summed E-state index contributed by atoms with van der Waals surface area (Å²) in [4.78, 5) is 34.4. The third-order valence-corrected chi connectivity index (χ3v) is 5.84. The summed E-state index contributed by atoms with van der Waals surface area (Å²) in [5.74, 6) is 0.436. The highest BCUT2D eigenvalue weighted by Crippen LogP contribution is 2.27. The Bertz CT molecular complexity index is 1310. The molecule has 1 saturated carbocycles. The molecule has 32 heavy (non-hydrogen) atoms. The minimum atomic E-state index is -0.296. The molecule has 8 nitrogen and oxygen atoms in total. The predicted octanol–water partition coefficient (Wildman–Crippen LogP) is 3.56. The predicted molar refractivity (Wildman–Crippen MR) is 120 cm³/mol. The van der Waals surface area contributed by atoms with Gasteiger partial charge in [-0.25, -0.2) is 0 Å². The third kappa shape index (κ3) is 4.03. The molecule has 1 fully saturated rings. The number of nitrogens with zero attached hydrogens (tertiary/aromatic N) is 4. The molecular weight excluding hydrogens is 406 g/mol. The van der Waals surface area contributed by atoms with Crippen LogP contribution in [0.25, 0.3) is 33.9 Å². The van der Waals surface area contributed by atoms with E-state index in [1.807, 2.05) is 36.4 Å². The first-order valence-corrected chi connectivity index (χ1v) is 10.9. The Labute approximate surface area is 184 Å². The number of rotatable bonds is 5. The summed E-state index contributed by atoms with van der Waals surface area (Å²) in [6.45, 7) is -0.0286. The van der Waals surface area contributed by atoms with E-state index >= 15 is 0 Å². The highest BCUT2D eigenvalue weighted by Gasteiger charge is 2.20. The monoisotopic (exact) mass is 429 g/mol. The van der Waals surface area contributed by atoms with Crippen LogP contribution < -0.4 is 10.9 Å². The number of nitrogens with one attached hydrogen (secondary N) is 1. The lowest BCUT2D eigenvalue weighted by molar-refractivity contribution is -0.122. The van der Waals surface area contributed by atoms with Crippen molar-refractivity contribution >= 4 is 16.8 Å². The second-order valence-corrected chi connectivity index (χ2v) is 8.04. The average molecular weight is 429 g/mol. The largest absolute Gasteiger partial charge is 0.352 e. The van der Waals surface area contributed by atoms with Crippen molar-refractivity contribution < 1.29 is 9.32 Å². The summed E-state index contributed by atoms with van der Waals surface area (Å²) < 4.78 is 6.95. The van der Waals surface area contributed by atoms with E-state index in [1.54, 1.807) is 12.3 Å². The van der Waals surface area contributed by atoms with Crippen LogP contribution in [-0.4, -0.2) is 31.6 Å². The zero-order valence-electron chi connectivity index (χ0n) is 17.5. The Morgan fingerprint density at radius 2 is 1.91 bits per heavy atom. The maximum absolute atomic E-state index is 13.0. The van der Waals surface area contributed by atoms with Gasteiger partial charge < -0.3 is 9.84 Å². The van der Waals surface area contributed by atoms with Crippen LogP contribution in [0.4, 0.5) is 0 Å². The third-order valence-electron chi connectivity index (χ3n) is 5.84. The van der Waals surface area contributed by atoms with Crippen LogP contribution in [-0.2, 0) is 11.3 Å². The molecule has 0 atom stereocenters. The zero-order valence-corrected chi connectivity index (χ0v) is 17.5. The van der Waals surface area contributed by atoms with Crippen LogP contribution in [0.1, 0.15) is 32.1 Å². The van der Waals surface area contributed by atoms with E-state index in [0.29, 0.717) is 22.6 Å². The molecule has 1 aliphatic carbocycles. The van der Waals surface area contributed by atoms with Gasteiger partial charge in [-0.1, -0.05) is 48.7 Å². The van der Waals surface area contributed by atoms with E-state index in [4.69, 9.17) is 4.52 Å². The van der Waals surface area contributed by atoms with Crippen LogP contribution >= 0.6 is 0 Å². The Hall–Kier alpha value is -3.81. The number of hydrogen-bond acceptors (Lipinski definition) is 6. The summed E-state index contributed by atoms with van der Waals surface area (Å²) in [7, 11) is 0. The molecule has 0 spiro atoms. The number of amides is 1. The number of benzene rings is 1. The van der Waals surface area contributed by atoms with E-state index in [2.05, 4.69) is 20.4 Å². The van der Waals surface area contributed by atoms with Gasteiger partial charge in [0.25, 0.3) is 11.4 Å². The molecule has 1 aromatic carbocycles. The van der Waals surface area contributed by atoms with Gasteiger partial charge in [0.15, 0.2) is 0 Å². The first-order valence-electron chi connectivity index (χ1n) is 10.9. The highest BCUT2D eigenvalue weighted by atomic mass is 16.5. The summed E-state index contributed by atoms with van der Waals surface area (Å²) in [6, 6.07) is 14.5. The van der Waals surface area contributed by atoms with Crippen molar-refractivity contribution in [1.29, 1.82) is 0 Å². The fraction of sp³-hybridized carbons (Fsp3) is 0.292. The number of aromatic nitrogens is 4. The number of carbonyl (C=O) groups is 1. The fourth-order valence-corrected chi connectivity index (χ4v) is 4.27. The lowest BCUT2D eigenvalue weighted by Crippen LogP contribution is -2.39. The lowest BCUT2D eigenvalue weighted by Gasteiger charge is -2.23. The number of carbonyl (C=O) groups excluding carboxylic acids is 1. The van der Waals surface area contributed by atoms with Crippen molar-refractivity contribution in [3.05, 3.63) is 65.1 Å². The summed E-state index contributed by atoms with van der Waals surface area (Å²) >= 11 is 0. The average Bonchev–Trinajstić information content (AvgIpc) is 3.32. The summed E-state index contributed by atoms with van der Waals surface area (Å²) in [6.07, 6.45) is 7.13. The quantitative estimate of drug-likeness (QED) is 0.520. The molecule has 0 bridgehead atoms. The summed E-state index contributed by atoms with van der Waals surface area (Å²) in [5, 5.41) is 7.85. The molecule has 0 unspecified atom stereocenters. The van der Waals surface area contributed by atoms with E-state index in [1.165, 1.54) is 17.1 Å². The van der Waals surface area contributed by atoms with Crippen molar-refractivity contribution in [2.45, 2.75) is 44.7 Å². The molecule has 8 heteroatoms. The maximum atomic E-state index is 13.0. The minimum absolute atomic E-state index is 0.0286. The number of fused-ring (bicyclic) bond motifs is 1. The number of para-hydroxylation sites is 1. The first kappa shape index (κ1) is 20.1. The molecular formula is C24H23N5O3. The van der Waals surface area contributed by atoms with Gasteiger partial charge in [-0.3, -0.25) is 19.1 Å². The number of pyridine rings is 2. The Balaban J connectivity index is 1.48. The van der Waals surface area contributed by atoms with Crippen LogP contribution in [0.2, 0.25) is 0 Å². The van der Waals surface area contributed by atoms with Crippen LogP contribution in [0.5, 0.6) is 0 Å². The number of hydrogen-bond donors (Lipinski definition) is 1. The molecule has 0 aliphatic heterocycles. The molecule has 3 aromatic heterocycles. The minimum Gasteiger partial charge on any atom is -0.352 e. The molecule has 1 amide bonds. The van der Waals surface area contributed by atoms with E-state index in [9.17, 15) is 9.59 Å². The molecule has 1 aliphatic rings. The highest BCUT2D eigenvalue weighted by molar-refractivity contribution is 5.93. The standard InChI is InChI=1S/C24H23N5O3/c30-21(26-16-8-2-1-3-9-16)15-29-20-12-5-4-10-17(20)18(14-22(29)31)24-27-23(28-32-24)19-11-6-7-13-25-19/h4-7,10-14,16H,1-3,8-9,15H2,(H,26,30). The van der Waals surface area contributed by atoms with Gasteiger partial charge in [0.1, 0.15) is 12.2 Å². The van der Waals surface area contributed by atoms with E-state index in [0.717, 1.165) is 31.1 Å². The van der Waals surface area contributed by atoms with Gasteiger partial charge in [-0.15, -0.1) is 0 Å². The fourth-order valence-electron chi connectivity index (χ4n) is 4.27. The Morgan fingerprint density at radius 3 is 2.72 bits per heavy atom. The Kier molecular flexibility index (Phi) is 5.49. The van der Waals surface area contributed by atoms with Crippen molar-refractivity contribution in [2.75, 3.05) is 0 Å². The van der Waals surface area contributed by atoms with Gasteiger partial charge >= 0.3 is 0 Å². The van der Waals surface area contributed by atoms with Gasteiger partial charge in [-0.05, 0) is 31.0 Å². The molecule has 0 radical (unpaired) electrons. The van der Waals surface area contributed by atoms with Crippen molar-refractivity contribution in [2.24, 2.45) is 0 Å². The first-order chi connectivity index (χ1) is 15.7. The molecule has 5 rings (SSSR count). The van der Waals surface area contributed by atoms with E-state index in [-0.39, 0.29) is 29.9 Å². The van der Waals surface area contributed by atoms with E-state index < -0.39 is 0 Å².